The van der Waals surface area contributed by atoms with Crippen LogP contribution < -0.4 is 0 Å². The van der Waals surface area contributed by atoms with Crippen molar-refractivity contribution in [3.8, 4) is 0 Å². The van der Waals surface area contributed by atoms with Crippen LogP contribution in [0.5, 0.6) is 0 Å². The fourth-order valence-electron chi connectivity index (χ4n) is 0.408. The van der Waals surface area contributed by atoms with Gasteiger partial charge in [-0.15, -0.1) is 0 Å². The number of rotatable bonds is 2. The lowest BCUT2D eigenvalue weighted by Crippen LogP contribution is -2.01. The molecule has 1 heteroatoms. The van der Waals surface area contributed by atoms with Crippen molar-refractivity contribution in [3.05, 3.63) is 6.10 Å². The fourth-order valence-corrected chi connectivity index (χ4v) is 0.408. The third-order valence-corrected chi connectivity index (χ3v) is 1.03. The van der Waals surface area contributed by atoms with Crippen LogP contribution in [0, 0.1) is 12.0 Å². The topological polar surface area (TPSA) is 20.2 Å². The van der Waals surface area contributed by atoms with Gasteiger partial charge in [0, 0.05) is 0 Å². The summed E-state index contributed by atoms with van der Waals surface area (Å²) in [4.78, 5) is 0. The predicted octanol–water partition coefficient (Wildman–Crippen LogP) is 1.96. The van der Waals surface area contributed by atoms with E-state index in [4.69, 9.17) is 5.11 Å². The molecule has 0 saturated carbocycles. The molecule has 7 heavy (non-hydrogen) atoms. The van der Waals surface area contributed by atoms with E-state index in [9.17, 15) is 0 Å². The van der Waals surface area contributed by atoms with Crippen molar-refractivity contribution in [2.75, 3.05) is 0 Å². The monoisotopic (exact) mass is 101 g/mol. The smallest absolute Gasteiger partial charge is 0.0955 e. The Kier molecular flexibility index (Phi) is 3.01. The molecule has 43 valence electrons. The Labute approximate surface area is 45.4 Å². The van der Waals surface area contributed by atoms with Gasteiger partial charge < -0.3 is 5.11 Å². The molecular weight excluding hydrogens is 88.1 g/mol. The van der Waals surface area contributed by atoms with Gasteiger partial charge in [-0.25, -0.2) is 0 Å². The van der Waals surface area contributed by atoms with Gasteiger partial charge in [0.25, 0.3) is 0 Å². The molecule has 0 aromatic heterocycles. The highest BCUT2D eigenvalue weighted by Gasteiger charge is 2.04. The normalized spacial score (nSPS) is 11.1. The molecule has 1 nitrogen and oxygen atoms in total. The van der Waals surface area contributed by atoms with Crippen molar-refractivity contribution in [3.63, 3.8) is 0 Å². The summed E-state index contributed by atoms with van der Waals surface area (Å²) < 4.78 is 0. The lowest BCUT2D eigenvalue weighted by Gasteiger charge is -2.07. The van der Waals surface area contributed by atoms with Crippen LogP contribution in [0.15, 0.2) is 0 Å². The average Bonchev–Trinajstić information content (AvgIpc) is 1.65. The molecule has 0 aliphatic heterocycles. The first-order valence-electron chi connectivity index (χ1n) is 2.73. The first-order valence-corrected chi connectivity index (χ1v) is 2.73. The highest BCUT2D eigenvalue weighted by atomic mass is 16.3. The van der Waals surface area contributed by atoms with Gasteiger partial charge in [0.2, 0.25) is 0 Å². The van der Waals surface area contributed by atoms with Gasteiger partial charge in [0.1, 0.15) is 0 Å². The molecule has 0 unspecified atom stereocenters. The predicted molar refractivity (Wildman–Crippen MR) is 30.3 cm³/mol. The van der Waals surface area contributed by atoms with E-state index in [0.29, 0.717) is 12.0 Å². The van der Waals surface area contributed by atoms with Crippen molar-refractivity contribution in [1.82, 2.24) is 0 Å². The molecule has 0 aromatic carbocycles. The molecule has 0 bridgehead atoms. The molecule has 1 radical (unpaired) electrons. The maximum Gasteiger partial charge on any atom is 0.0955 e. The van der Waals surface area contributed by atoms with Crippen molar-refractivity contribution < 1.29 is 5.11 Å². The minimum atomic E-state index is 0.338. The zero-order valence-electron chi connectivity index (χ0n) is 5.23. The van der Waals surface area contributed by atoms with Crippen LogP contribution in [0.3, 0.4) is 0 Å². The highest BCUT2D eigenvalue weighted by molar-refractivity contribution is 4.75. The lowest BCUT2D eigenvalue weighted by atomic mass is 10.1. The van der Waals surface area contributed by atoms with Crippen LogP contribution in [-0.4, -0.2) is 5.11 Å². The second-order valence-corrected chi connectivity index (χ2v) is 2.00. The SMILES string of the molecule is CC[C](O)C(C)C. The van der Waals surface area contributed by atoms with Gasteiger partial charge in [-0.3, -0.25) is 0 Å². The number of aliphatic hydroxyl groups excluding tert-OH is 1. The van der Waals surface area contributed by atoms with Gasteiger partial charge in [0.15, 0.2) is 0 Å². The maximum atomic E-state index is 8.85. The van der Waals surface area contributed by atoms with Crippen molar-refractivity contribution in [2.45, 2.75) is 27.2 Å². The molecule has 0 aliphatic carbocycles. The largest absolute Gasteiger partial charge is 0.387 e. The lowest BCUT2D eigenvalue weighted by molar-refractivity contribution is 0.236. The van der Waals surface area contributed by atoms with E-state index < -0.39 is 0 Å². The Hall–Kier alpha value is -0.0400. The van der Waals surface area contributed by atoms with Crippen LogP contribution in [0.25, 0.3) is 0 Å². The van der Waals surface area contributed by atoms with E-state index in [2.05, 4.69) is 0 Å². The van der Waals surface area contributed by atoms with Crippen LogP contribution in [0.4, 0.5) is 0 Å². The zero-order valence-corrected chi connectivity index (χ0v) is 5.23. The van der Waals surface area contributed by atoms with E-state index in [1.165, 1.54) is 0 Å². The Morgan fingerprint density at radius 2 is 2.00 bits per heavy atom. The molecule has 0 spiro atoms. The zero-order chi connectivity index (χ0) is 5.86. The quantitative estimate of drug-likeness (QED) is 0.563. The van der Waals surface area contributed by atoms with Crippen molar-refractivity contribution >= 4 is 0 Å². The summed E-state index contributed by atoms with van der Waals surface area (Å²) in [5, 5.41) is 8.85. The maximum absolute atomic E-state index is 8.85. The van der Waals surface area contributed by atoms with E-state index in [1.807, 2.05) is 20.8 Å². The summed E-state index contributed by atoms with van der Waals surface area (Å²) in [6.45, 7) is 5.92. The van der Waals surface area contributed by atoms with Crippen LogP contribution >= 0.6 is 0 Å². The van der Waals surface area contributed by atoms with E-state index in [1.54, 1.807) is 0 Å². The first-order chi connectivity index (χ1) is 3.18. The molecule has 0 aromatic rings. The summed E-state index contributed by atoms with van der Waals surface area (Å²) in [5.74, 6) is 0.338. The number of hydrogen-bond acceptors (Lipinski definition) is 1. The molecule has 0 heterocycles. The molecule has 0 fully saturated rings. The Balaban J connectivity index is 3.14. The number of aliphatic hydroxyl groups is 1. The summed E-state index contributed by atoms with van der Waals surface area (Å²) >= 11 is 0. The summed E-state index contributed by atoms with van der Waals surface area (Å²) in [6, 6.07) is 0. The van der Waals surface area contributed by atoms with Gasteiger partial charge in [-0.05, 0) is 12.3 Å². The molecule has 1 N–H and O–H groups in total. The molecular formula is C6H13O. The van der Waals surface area contributed by atoms with Gasteiger partial charge in [-0.2, -0.15) is 0 Å². The number of hydrogen-bond donors (Lipinski definition) is 1. The van der Waals surface area contributed by atoms with E-state index in [-0.39, 0.29) is 0 Å². The van der Waals surface area contributed by atoms with Crippen LogP contribution in [0.2, 0.25) is 0 Å². The van der Waals surface area contributed by atoms with Gasteiger partial charge in [0.05, 0.1) is 6.10 Å². The third kappa shape index (κ3) is 2.63. The van der Waals surface area contributed by atoms with Crippen LogP contribution in [-0.2, 0) is 0 Å². The second-order valence-electron chi connectivity index (χ2n) is 2.00. The van der Waals surface area contributed by atoms with E-state index in [0.717, 1.165) is 6.42 Å². The van der Waals surface area contributed by atoms with Crippen LogP contribution in [0.1, 0.15) is 27.2 Å². The molecule has 0 atom stereocenters. The average molecular weight is 101 g/mol. The van der Waals surface area contributed by atoms with E-state index >= 15 is 0 Å². The standard InChI is InChI=1S/C6H13O/c1-4-6(7)5(2)3/h5,7H,4H2,1-3H3. The Morgan fingerprint density at radius 3 is 2.00 bits per heavy atom. The molecule has 0 rings (SSSR count). The summed E-state index contributed by atoms with van der Waals surface area (Å²) in [6.07, 6.45) is 1.39. The third-order valence-electron chi connectivity index (χ3n) is 1.03. The minimum absolute atomic E-state index is 0.338. The molecule has 0 amide bonds. The summed E-state index contributed by atoms with van der Waals surface area (Å²) in [5.41, 5.74) is 0. The Bertz CT molecular complexity index is 41.4. The fraction of sp³-hybridized carbons (Fsp3) is 0.833. The van der Waals surface area contributed by atoms with Crippen molar-refractivity contribution in [2.24, 2.45) is 5.92 Å². The second kappa shape index (κ2) is 3.03. The highest BCUT2D eigenvalue weighted by Crippen LogP contribution is 2.11. The van der Waals surface area contributed by atoms with Crippen molar-refractivity contribution in [1.29, 1.82) is 0 Å². The minimum Gasteiger partial charge on any atom is -0.387 e. The van der Waals surface area contributed by atoms with Gasteiger partial charge in [-0.1, -0.05) is 20.8 Å². The Morgan fingerprint density at radius 1 is 1.57 bits per heavy atom. The van der Waals surface area contributed by atoms with Gasteiger partial charge >= 0.3 is 0 Å². The summed E-state index contributed by atoms with van der Waals surface area (Å²) in [7, 11) is 0. The molecule has 0 aliphatic rings. The molecule has 0 saturated heterocycles. The first kappa shape index (κ1) is 6.96.